The van der Waals surface area contributed by atoms with Crippen molar-refractivity contribution in [2.75, 3.05) is 0 Å². The first kappa shape index (κ1) is 80.0. The molecular formula is C129H149N10O5+5. The first-order valence-electron chi connectivity index (χ1n) is 59.8. The number of aryl methyl sites for hydroxylation is 10. The van der Waals surface area contributed by atoms with Crippen LogP contribution in [-0.4, -0.2) is 24.9 Å². The van der Waals surface area contributed by atoms with Gasteiger partial charge in [-0.25, -0.2) is 47.8 Å². The van der Waals surface area contributed by atoms with Crippen LogP contribution in [0.2, 0.25) is 0 Å². The zero-order chi connectivity index (χ0) is 118. The Morgan fingerprint density at radius 2 is 0.611 bits per heavy atom. The molecule has 22 rings (SSSR count). The van der Waals surface area contributed by atoms with Gasteiger partial charge in [0.05, 0.1) is 27.8 Å². The van der Waals surface area contributed by atoms with E-state index in [1.807, 2.05) is 90.7 Å². The van der Waals surface area contributed by atoms with Crippen LogP contribution in [0.1, 0.15) is 332 Å². The standard InChI is InChI=1S/C27H31N2O.C26H29N2O.C26H31N2O.2C25H29N2O/c1-17(2)20-14-15-29(4)24(16-20)25-18(3)10-11-21-22-12-13-23(19-8-6-5-7-9-19)28-27(22)30-26(21)25;1-16(2)19-13-14-28(4)23(15-19)24-17(3)9-10-20-21-11-12-22(18-7-5-6-8-18)27-26(21)29-25(20)24;1-16(2)18-12-13-28(7)22(14-18)23-17(3)8-10-20-21-11-9-19(15-26(4,5)6)27-25(21)29-24(20)23;1-15(2)17-12-13-27(7)20(14-17)22-16(3)8-9-18-19-10-11-21(25(4,5)6)26-24(19)28-23(18)22;1-15(2)13-19-8-10-21-20-9-7-17(5)23(24(20)28-25(21)26-19)22-14-18(16(3)4)11-12-27(22)6/h10-17,19H,5-9H2,1-4H3;9-16,18H,5-8H2,1-4H3;8-14,16H,15H2,1-7H3;8-15H,1-7H3;7-12,14-16H,13H2,1-6H3/q5*+1/i8D2,9D2,19D;7D2,18D;4D3,5D3;;1D3,15D. The van der Waals surface area contributed by atoms with Crippen LogP contribution in [0, 0.1) is 45.9 Å². The summed E-state index contributed by atoms with van der Waals surface area (Å²) in [6.45, 7) is 33.7. The lowest BCUT2D eigenvalue weighted by molar-refractivity contribution is -0.660. The van der Waals surface area contributed by atoms with Crippen molar-refractivity contribution in [1.29, 1.82) is 0 Å². The van der Waals surface area contributed by atoms with Gasteiger partial charge in [0.25, 0.3) is 0 Å². The summed E-state index contributed by atoms with van der Waals surface area (Å²) in [6, 6.07) is 61.3. The van der Waals surface area contributed by atoms with E-state index in [4.69, 9.17) is 56.7 Å². The molecular weight excluding hydrogens is 1770 g/mol. The molecule has 0 N–H and O–H groups in total. The smallest absolute Gasteiger partial charge is 0.227 e. The molecule has 0 aliphatic heterocycles. The second-order valence-electron chi connectivity index (χ2n) is 42.5. The molecule has 2 atom stereocenters. The number of benzene rings is 5. The minimum atomic E-state index is -2.68. The number of fused-ring (bicyclic) bond motifs is 15. The van der Waals surface area contributed by atoms with Crippen LogP contribution in [0.3, 0.4) is 0 Å². The summed E-state index contributed by atoms with van der Waals surface area (Å²) in [5.41, 5.74) is 29.1. The number of nitrogens with zero attached hydrogens (tertiary/aromatic N) is 10. The molecule has 2 unspecified atom stereocenters. The lowest BCUT2D eigenvalue weighted by atomic mass is 9.86. The SMILES string of the molecule is Cc1ccc2c(oc3nc(C(C)(C)C)ccc32)c1-c1cc(C(C)C)cc[n+]1C.[2H]C([2H])([2H])C(C)(Cc1ccc2c(n1)oc1c(-c3cc(C(C)C)cc[n+]3C)c(C)ccc12)C([2H])([2H])[2H].[2H]C([2H])([2H])C([2H])(C)Cc1ccc2c(n1)oc1c(-c3cc(C(C)C)cc[n+]3C)c(C)ccc12.[2H]C1([2H])CCCC([2H])([2H])C1([2H])c1ccc2c(n1)oc1c(-c3cc(C(C)C)cc[n+]3C)c(C)ccc12.[2H]C1([2H])CCCC1([2H])c1ccc2c(n1)oc1c(-c3cc(C(C)C)cc[n+]3C)c(C)ccc12. The first-order chi connectivity index (χ1) is 75.7. The molecule has 740 valence electrons. The summed E-state index contributed by atoms with van der Waals surface area (Å²) >= 11 is 0. The third-order valence-corrected chi connectivity index (χ3v) is 28.4. The lowest BCUT2D eigenvalue weighted by Crippen LogP contribution is -2.31. The minimum Gasteiger partial charge on any atom is -0.437 e. The largest absolute Gasteiger partial charge is 0.437 e. The Labute approximate surface area is 876 Å². The van der Waals surface area contributed by atoms with E-state index in [-0.39, 0.29) is 36.8 Å². The van der Waals surface area contributed by atoms with E-state index >= 15 is 0 Å². The number of hydrogen-bond acceptors (Lipinski definition) is 10. The summed E-state index contributed by atoms with van der Waals surface area (Å²) in [4.78, 5) is 23.3. The molecule has 20 aromatic rings. The Morgan fingerprint density at radius 1 is 0.333 bits per heavy atom. The zero-order valence-electron chi connectivity index (χ0n) is 106. The van der Waals surface area contributed by atoms with E-state index in [1.54, 1.807) is 24.3 Å². The maximum Gasteiger partial charge on any atom is 0.227 e. The van der Waals surface area contributed by atoms with Crippen LogP contribution >= 0.6 is 0 Å². The van der Waals surface area contributed by atoms with Gasteiger partial charge in [0.2, 0.25) is 57.0 Å². The summed E-state index contributed by atoms with van der Waals surface area (Å²) in [5.74, 6) is -3.02. The van der Waals surface area contributed by atoms with Gasteiger partial charge >= 0.3 is 0 Å². The molecule has 5 aromatic carbocycles. The predicted molar refractivity (Wildman–Crippen MR) is 592 cm³/mol. The highest BCUT2D eigenvalue weighted by molar-refractivity contribution is 6.13. The Bertz CT molecular complexity index is 9140. The average Bonchev–Trinajstić information content (AvgIpc) is 1.14. The van der Waals surface area contributed by atoms with Crippen LogP contribution in [0.4, 0.5) is 0 Å². The van der Waals surface area contributed by atoms with Crippen molar-refractivity contribution in [3.8, 4) is 56.3 Å². The van der Waals surface area contributed by atoms with E-state index in [0.717, 1.165) is 155 Å². The van der Waals surface area contributed by atoms with Crippen molar-refractivity contribution in [3.63, 3.8) is 0 Å². The molecule has 15 nitrogen and oxygen atoms in total. The number of pyridine rings is 10. The van der Waals surface area contributed by atoms with Gasteiger partial charge in [0.1, 0.15) is 35.2 Å². The third kappa shape index (κ3) is 20.5. The van der Waals surface area contributed by atoms with Gasteiger partial charge in [-0.15, -0.1) is 0 Å². The predicted octanol–water partition coefficient (Wildman–Crippen LogP) is 32.3. The van der Waals surface area contributed by atoms with E-state index in [2.05, 4.69) is 296 Å². The summed E-state index contributed by atoms with van der Waals surface area (Å²) in [5, 5.41) is 9.31. The Morgan fingerprint density at radius 3 is 0.917 bits per heavy atom. The zero-order valence-corrected chi connectivity index (χ0v) is 88.3. The van der Waals surface area contributed by atoms with E-state index < -0.39 is 62.8 Å². The fourth-order valence-electron chi connectivity index (χ4n) is 19.9. The van der Waals surface area contributed by atoms with Crippen molar-refractivity contribution in [1.82, 2.24) is 24.9 Å². The maximum absolute atomic E-state index is 9.02. The molecule has 0 amide bonds. The van der Waals surface area contributed by atoms with Crippen molar-refractivity contribution in [2.45, 2.75) is 276 Å². The van der Waals surface area contributed by atoms with Crippen molar-refractivity contribution in [2.24, 2.45) is 46.5 Å². The highest BCUT2D eigenvalue weighted by Crippen LogP contribution is 2.47. The van der Waals surface area contributed by atoms with Gasteiger partial charge in [0.15, 0.2) is 58.9 Å². The lowest BCUT2D eigenvalue weighted by Gasteiger charge is -2.20. The summed E-state index contributed by atoms with van der Waals surface area (Å²) < 4.78 is 189. The molecule has 2 saturated carbocycles. The van der Waals surface area contributed by atoms with E-state index in [1.165, 1.54) is 52.9 Å². The quantitative estimate of drug-likeness (QED) is 0.0908. The van der Waals surface area contributed by atoms with Crippen LogP contribution in [0.15, 0.2) is 235 Å². The first-order valence-corrected chi connectivity index (χ1v) is 50.8. The second-order valence-corrected chi connectivity index (χ2v) is 42.5. The number of rotatable bonds is 15. The molecule has 15 aromatic heterocycles. The summed E-state index contributed by atoms with van der Waals surface area (Å²) in [7, 11) is 10.2. The molecule has 0 spiro atoms. The molecule has 0 saturated heterocycles. The molecule has 2 fully saturated rings. The van der Waals surface area contributed by atoms with E-state index in [9.17, 15) is 0 Å². The molecule has 0 bridgehead atoms. The molecule has 0 radical (unpaired) electrons. The molecule has 2 aliphatic carbocycles. The van der Waals surface area contributed by atoms with Crippen molar-refractivity contribution >= 4 is 110 Å². The molecule has 2 aliphatic rings. The van der Waals surface area contributed by atoms with Crippen molar-refractivity contribution in [3.05, 3.63) is 297 Å². The fourth-order valence-corrected chi connectivity index (χ4v) is 19.9. The van der Waals surface area contributed by atoms with Gasteiger partial charge < -0.3 is 22.1 Å². The normalized spacial score (nSPS) is 18.2. The van der Waals surface area contributed by atoms with Gasteiger partial charge in [0, 0.05) is 185 Å². The second kappa shape index (κ2) is 41.0. The molecule has 15 heteroatoms. The Balaban J connectivity index is 0.000000130. The fraction of sp³-hybridized carbons (Fsp3) is 0.380. The number of furan rings is 5. The number of aromatic nitrogens is 10. The Kier molecular flexibility index (Phi) is 22.8. The number of hydrogen-bond donors (Lipinski definition) is 0. The molecule has 15 heterocycles. The van der Waals surface area contributed by atoms with Gasteiger partial charge in [-0.1, -0.05) is 217 Å². The highest BCUT2D eigenvalue weighted by atomic mass is 16.4. The van der Waals surface area contributed by atoms with Crippen LogP contribution in [0.25, 0.3) is 167 Å². The van der Waals surface area contributed by atoms with Crippen LogP contribution in [0.5, 0.6) is 0 Å². The van der Waals surface area contributed by atoms with Crippen LogP contribution in [-0.2, 0) is 53.5 Å². The Hall–Kier alpha value is -13.4. The van der Waals surface area contributed by atoms with Crippen molar-refractivity contribution < 1.29 is 69.6 Å². The van der Waals surface area contributed by atoms with E-state index in [0.29, 0.717) is 106 Å². The van der Waals surface area contributed by atoms with Crippen LogP contribution < -0.4 is 22.8 Å². The van der Waals surface area contributed by atoms with Gasteiger partial charge in [-0.2, -0.15) is 0 Å². The summed E-state index contributed by atoms with van der Waals surface area (Å²) in [6.07, 6.45) is 6.75. The highest BCUT2D eigenvalue weighted by Gasteiger charge is 2.32. The minimum absolute atomic E-state index is 0.00997. The van der Waals surface area contributed by atoms with Gasteiger partial charge in [-0.05, 0) is 230 Å². The topological polar surface area (TPSA) is 150 Å². The molecule has 144 heavy (non-hydrogen) atoms. The maximum atomic E-state index is 9.02. The average molecular weight is 1940 g/mol. The monoisotopic (exact) mass is 1940 g/mol. The van der Waals surface area contributed by atoms with Gasteiger partial charge in [-0.3, -0.25) is 0 Å². The third-order valence-electron chi connectivity index (χ3n) is 28.4.